The second-order valence-corrected chi connectivity index (χ2v) is 8.14. The molecular formula is C17H18ClN3O4S. The molecule has 7 nitrogen and oxygen atoms in total. The van der Waals surface area contributed by atoms with E-state index in [1.807, 2.05) is 0 Å². The fraction of sp³-hybridized carbons (Fsp3) is 0.176. The molecule has 2 aromatic rings. The van der Waals surface area contributed by atoms with E-state index >= 15 is 0 Å². The zero-order valence-electron chi connectivity index (χ0n) is 14.2. The Balaban J connectivity index is 1.93. The van der Waals surface area contributed by atoms with Gasteiger partial charge in [-0.2, -0.15) is 0 Å². The highest BCUT2D eigenvalue weighted by Gasteiger charge is 2.16. The van der Waals surface area contributed by atoms with E-state index in [1.54, 1.807) is 18.2 Å². The van der Waals surface area contributed by atoms with Gasteiger partial charge in [0.05, 0.1) is 11.4 Å². The van der Waals surface area contributed by atoms with Gasteiger partial charge in [-0.05, 0) is 42.5 Å². The predicted molar refractivity (Wildman–Crippen MR) is 99.7 cm³/mol. The maximum Gasteiger partial charge on any atom is 0.251 e. The van der Waals surface area contributed by atoms with Gasteiger partial charge < -0.3 is 10.6 Å². The van der Waals surface area contributed by atoms with Crippen molar-refractivity contribution in [1.82, 2.24) is 9.62 Å². The molecule has 0 bridgehead atoms. The molecule has 0 atom stereocenters. The molecule has 0 aromatic heterocycles. The lowest BCUT2D eigenvalue weighted by Gasteiger charge is -2.12. The second-order valence-electron chi connectivity index (χ2n) is 5.55. The topological polar surface area (TPSA) is 95.6 Å². The first-order valence-corrected chi connectivity index (χ1v) is 9.38. The lowest BCUT2D eigenvalue weighted by Crippen LogP contribution is -2.32. The molecule has 2 aromatic carbocycles. The van der Waals surface area contributed by atoms with Gasteiger partial charge in [0.1, 0.15) is 0 Å². The first-order chi connectivity index (χ1) is 12.2. The molecule has 26 heavy (non-hydrogen) atoms. The number of benzene rings is 2. The molecule has 0 spiro atoms. The summed E-state index contributed by atoms with van der Waals surface area (Å²) in [5.74, 6) is -0.862. The van der Waals surface area contributed by atoms with Crippen LogP contribution in [0.5, 0.6) is 0 Å². The van der Waals surface area contributed by atoms with E-state index in [9.17, 15) is 18.0 Å². The van der Waals surface area contributed by atoms with E-state index in [4.69, 9.17) is 11.6 Å². The first-order valence-electron chi connectivity index (χ1n) is 7.56. The third kappa shape index (κ3) is 5.04. The van der Waals surface area contributed by atoms with Crippen molar-refractivity contribution < 1.29 is 18.0 Å². The fourth-order valence-electron chi connectivity index (χ4n) is 2.02. The van der Waals surface area contributed by atoms with E-state index in [1.165, 1.54) is 44.4 Å². The lowest BCUT2D eigenvalue weighted by molar-refractivity contribution is -0.115. The summed E-state index contributed by atoms with van der Waals surface area (Å²) < 4.78 is 25.1. The highest BCUT2D eigenvalue weighted by molar-refractivity contribution is 7.89. The van der Waals surface area contributed by atoms with Gasteiger partial charge in [-0.3, -0.25) is 9.59 Å². The Kier molecular flexibility index (Phi) is 6.36. The van der Waals surface area contributed by atoms with Gasteiger partial charge in [0, 0.05) is 30.4 Å². The summed E-state index contributed by atoms with van der Waals surface area (Å²) in [6.45, 7) is -0.233. The molecule has 0 fully saturated rings. The molecule has 2 N–H and O–H groups in total. The second kappa shape index (κ2) is 8.31. The summed E-state index contributed by atoms with van der Waals surface area (Å²) in [6.07, 6.45) is 0. The number of amides is 2. The van der Waals surface area contributed by atoms with Crippen molar-refractivity contribution in [2.45, 2.75) is 4.90 Å². The molecule has 9 heteroatoms. The number of nitrogens with zero attached hydrogens (tertiary/aromatic N) is 1. The highest BCUT2D eigenvalue weighted by atomic mass is 35.5. The van der Waals surface area contributed by atoms with Gasteiger partial charge in [0.25, 0.3) is 5.91 Å². The standard InChI is InChI=1S/C17H18ClN3O4S/c1-21(2)26(24,25)15-8-6-14(7-9-15)20-16(22)11-19-17(23)12-4-3-5-13(18)10-12/h3-10H,11H2,1-2H3,(H,19,23)(H,20,22). The maximum absolute atomic E-state index is 12.0. The van der Waals surface area contributed by atoms with Crippen LogP contribution in [0, 0.1) is 0 Å². The summed E-state index contributed by atoms with van der Waals surface area (Å²) in [5, 5.41) is 5.49. The van der Waals surface area contributed by atoms with Gasteiger partial charge in [-0.1, -0.05) is 17.7 Å². The van der Waals surface area contributed by atoms with Crippen molar-refractivity contribution in [3.63, 3.8) is 0 Å². The Hall–Kier alpha value is -2.42. The molecular weight excluding hydrogens is 378 g/mol. The van der Waals surface area contributed by atoms with Crippen molar-refractivity contribution in [3.8, 4) is 0 Å². The molecule has 0 aliphatic carbocycles. The van der Waals surface area contributed by atoms with Crippen LogP contribution in [0.4, 0.5) is 5.69 Å². The number of halogens is 1. The van der Waals surface area contributed by atoms with E-state index < -0.39 is 21.8 Å². The van der Waals surface area contributed by atoms with E-state index in [0.29, 0.717) is 16.3 Å². The van der Waals surface area contributed by atoms with Crippen LogP contribution < -0.4 is 10.6 Å². The smallest absolute Gasteiger partial charge is 0.251 e. The highest BCUT2D eigenvalue weighted by Crippen LogP contribution is 2.16. The lowest BCUT2D eigenvalue weighted by atomic mass is 10.2. The number of hydrogen-bond acceptors (Lipinski definition) is 4. The Morgan fingerprint density at radius 2 is 1.73 bits per heavy atom. The number of nitrogens with one attached hydrogen (secondary N) is 2. The van der Waals surface area contributed by atoms with Gasteiger partial charge in [0.2, 0.25) is 15.9 Å². The quantitative estimate of drug-likeness (QED) is 0.781. The average Bonchev–Trinajstić information content (AvgIpc) is 2.60. The minimum Gasteiger partial charge on any atom is -0.343 e. The van der Waals surface area contributed by atoms with Gasteiger partial charge >= 0.3 is 0 Å². The average molecular weight is 396 g/mol. The van der Waals surface area contributed by atoms with Crippen molar-refractivity contribution in [3.05, 3.63) is 59.1 Å². The summed E-state index contributed by atoms with van der Waals surface area (Å²) in [4.78, 5) is 24.0. The fourth-order valence-corrected chi connectivity index (χ4v) is 3.11. The van der Waals surface area contributed by atoms with Crippen LogP contribution in [-0.4, -0.2) is 45.2 Å². The summed E-state index contributed by atoms with van der Waals surface area (Å²) in [6, 6.07) is 12.1. The molecule has 0 unspecified atom stereocenters. The molecule has 0 saturated heterocycles. The Morgan fingerprint density at radius 1 is 1.08 bits per heavy atom. The Bertz CT molecular complexity index is 912. The van der Waals surface area contributed by atoms with Gasteiger partial charge in [-0.15, -0.1) is 0 Å². The monoisotopic (exact) mass is 395 g/mol. The zero-order chi connectivity index (χ0) is 19.3. The number of anilines is 1. The third-order valence-corrected chi connectivity index (χ3v) is 5.48. The Labute approximate surface area is 157 Å². The van der Waals surface area contributed by atoms with Crippen molar-refractivity contribution in [1.29, 1.82) is 0 Å². The summed E-state index contributed by atoms with van der Waals surface area (Å²) in [7, 11) is -0.649. The minimum atomic E-state index is -3.52. The normalized spacial score (nSPS) is 11.2. The maximum atomic E-state index is 12.0. The van der Waals surface area contributed by atoms with Crippen LogP contribution in [0.25, 0.3) is 0 Å². The van der Waals surface area contributed by atoms with Gasteiger partial charge in [-0.25, -0.2) is 12.7 Å². The molecule has 0 radical (unpaired) electrons. The van der Waals surface area contributed by atoms with Gasteiger partial charge in [0.15, 0.2) is 0 Å². The summed E-state index contributed by atoms with van der Waals surface area (Å²) >= 11 is 5.82. The van der Waals surface area contributed by atoms with Crippen LogP contribution in [0.15, 0.2) is 53.4 Å². The number of carbonyl (C=O) groups is 2. The Morgan fingerprint density at radius 3 is 2.31 bits per heavy atom. The number of rotatable bonds is 6. The molecule has 0 aliphatic rings. The number of carbonyl (C=O) groups excluding carboxylic acids is 2. The molecule has 0 saturated carbocycles. The van der Waals surface area contributed by atoms with Crippen LogP contribution in [-0.2, 0) is 14.8 Å². The SMILES string of the molecule is CN(C)S(=O)(=O)c1ccc(NC(=O)CNC(=O)c2cccc(Cl)c2)cc1. The molecule has 0 heterocycles. The number of hydrogen-bond donors (Lipinski definition) is 2. The van der Waals surface area contributed by atoms with Crippen molar-refractivity contribution in [2.24, 2.45) is 0 Å². The van der Waals surface area contributed by atoms with E-state index in [0.717, 1.165) is 4.31 Å². The van der Waals surface area contributed by atoms with Crippen LogP contribution in [0.1, 0.15) is 10.4 Å². The van der Waals surface area contributed by atoms with Crippen molar-refractivity contribution in [2.75, 3.05) is 26.0 Å². The molecule has 2 rings (SSSR count). The minimum absolute atomic E-state index is 0.120. The summed E-state index contributed by atoms with van der Waals surface area (Å²) in [5.41, 5.74) is 0.772. The van der Waals surface area contributed by atoms with E-state index in [-0.39, 0.29) is 11.4 Å². The van der Waals surface area contributed by atoms with Crippen LogP contribution in [0.3, 0.4) is 0 Å². The van der Waals surface area contributed by atoms with Crippen LogP contribution in [0.2, 0.25) is 5.02 Å². The third-order valence-electron chi connectivity index (χ3n) is 3.41. The molecule has 138 valence electrons. The van der Waals surface area contributed by atoms with Crippen molar-refractivity contribution >= 4 is 39.1 Å². The molecule has 2 amide bonds. The molecule has 0 aliphatic heterocycles. The van der Waals surface area contributed by atoms with Crippen LogP contribution >= 0.6 is 11.6 Å². The largest absolute Gasteiger partial charge is 0.343 e. The number of sulfonamides is 1. The first kappa shape index (κ1) is 19.9. The van der Waals surface area contributed by atoms with E-state index in [2.05, 4.69) is 10.6 Å². The predicted octanol–water partition coefficient (Wildman–Crippen LogP) is 1.96. The zero-order valence-corrected chi connectivity index (χ0v) is 15.8.